The smallest absolute Gasteiger partial charge is 0.326 e. The van der Waals surface area contributed by atoms with E-state index in [9.17, 15) is 14.4 Å². The molecule has 1 fully saturated rings. The summed E-state index contributed by atoms with van der Waals surface area (Å²) in [4.78, 5) is 37.5. The molecule has 0 spiro atoms. The minimum absolute atomic E-state index is 0.0413. The van der Waals surface area contributed by atoms with E-state index in [4.69, 9.17) is 26.8 Å². The van der Waals surface area contributed by atoms with Crippen molar-refractivity contribution in [2.24, 2.45) is 0 Å². The van der Waals surface area contributed by atoms with Crippen LogP contribution in [0, 0.1) is 0 Å². The Morgan fingerprint density at radius 1 is 1.33 bits per heavy atom. The van der Waals surface area contributed by atoms with Crippen molar-refractivity contribution in [3.8, 4) is 11.5 Å². The number of methoxy groups -OCH3 is 1. The fraction of sp³-hybridized carbons (Fsp3) is 0.400. The third kappa shape index (κ3) is 5.96. The highest BCUT2D eigenvalue weighted by molar-refractivity contribution is 8.26. The van der Waals surface area contributed by atoms with Gasteiger partial charge in [0.05, 0.1) is 18.6 Å². The molecule has 1 heterocycles. The van der Waals surface area contributed by atoms with Gasteiger partial charge in [0.2, 0.25) is 5.91 Å². The zero-order valence-electron chi connectivity index (χ0n) is 17.0. The number of aliphatic carboxylic acids is 1. The van der Waals surface area contributed by atoms with E-state index in [0.717, 1.165) is 17.3 Å². The molecule has 10 heteroatoms. The maximum Gasteiger partial charge on any atom is 0.326 e. The van der Waals surface area contributed by atoms with Crippen molar-refractivity contribution in [1.82, 2.24) is 10.2 Å². The van der Waals surface area contributed by atoms with Gasteiger partial charge in [0.25, 0.3) is 5.91 Å². The molecule has 1 unspecified atom stereocenters. The van der Waals surface area contributed by atoms with Crippen molar-refractivity contribution >= 4 is 52.2 Å². The van der Waals surface area contributed by atoms with E-state index < -0.39 is 17.9 Å². The van der Waals surface area contributed by atoms with E-state index in [1.807, 2.05) is 13.0 Å². The first kappa shape index (κ1) is 23.7. The van der Waals surface area contributed by atoms with Crippen LogP contribution in [0.25, 0.3) is 6.08 Å². The summed E-state index contributed by atoms with van der Waals surface area (Å²) in [6.45, 7) is 4.13. The third-order valence-corrected chi connectivity index (χ3v) is 5.64. The number of benzene rings is 1. The molecule has 1 aliphatic rings. The molecule has 2 amide bonds. The Morgan fingerprint density at radius 3 is 2.67 bits per heavy atom. The quantitative estimate of drug-likeness (QED) is 0.412. The average Bonchev–Trinajstić information content (AvgIpc) is 2.98. The fourth-order valence-corrected chi connectivity index (χ4v) is 4.02. The Balaban J connectivity index is 2.05. The van der Waals surface area contributed by atoms with Crippen LogP contribution in [0.5, 0.6) is 11.5 Å². The number of nitrogens with zero attached hydrogens (tertiary/aromatic N) is 1. The van der Waals surface area contributed by atoms with Crippen molar-refractivity contribution in [1.29, 1.82) is 0 Å². The van der Waals surface area contributed by atoms with Crippen molar-refractivity contribution < 1.29 is 29.0 Å². The Bertz CT molecular complexity index is 871. The number of carboxylic acids is 1. The first-order valence-electron chi connectivity index (χ1n) is 9.39. The van der Waals surface area contributed by atoms with Gasteiger partial charge in [-0.25, -0.2) is 4.79 Å². The molecule has 1 aromatic carbocycles. The lowest BCUT2D eigenvalue weighted by Gasteiger charge is -2.16. The summed E-state index contributed by atoms with van der Waals surface area (Å²) in [5, 5.41) is 11.4. The second kappa shape index (κ2) is 11.0. The van der Waals surface area contributed by atoms with Crippen LogP contribution in [-0.2, 0) is 14.4 Å². The van der Waals surface area contributed by atoms with Gasteiger partial charge in [-0.15, -0.1) is 0 Å². The molecule has 0 aromatic heterocycles. The summed E-state index contributed by atoms with van der Waals surface area (Å²) in [6.07, 6.45) is 1.94. The highest BCUT2D eigenvalue weighted by Crippen LogP contribution is 2.34. The lowest BCUT2D eigenvalue weighted by atomic mass is 10.2. The normalized spacial score (nSPS) is 16.0. The number of hydrogen-bond donors (Lipinski definition) is 2. The van der Waals surface area contributed by atoms with E-state index in [0.29, 0.717) is 27.3 Å². The van der Waals surface area contributed by atoms with Gasteiger partial charge in [0, 0.05) is 13.0 Å². The number of ether oxygens (including phenoxy) is 2. The Kier molecular flexibility index (Phi) is 8.67. The summed E-state index contributed by atoms with van der Waals surface area (Å²) >= 11 is 6.43. The van der Waals surface area contributed by atoms with Gasteiger partial charge in [-0.2, -0.15) is 0 Å². The van der Waals surface area contributed by atoms with Gasteiger partial charge in [-0.05, 0) is 37.1 Å². The predicted octanol–water partition coefficient (Wildman–Crippen LogP) is 2.66. The Hall–Kier alpha value is -2.59. The summed E-state index contributed by atoms with van der Waals surface area (Å²) in [6, 6.07) is 4.40. The van der Waals surface area contributed by atoms with Gasteiger partial charge < -0.3 is 19.9 Å². The minimum Gasteiger partial charge on any atom is -0.493 e. The van der Waals surface area contributed by atoms with E-state index in [2.05, 4.69) is 5.32 Å². The van der Waals surface area contributed by atoms with Crippen molar-refractivity contribution in [3.63, 3.8) is 0 Å². The summed E-state index contributed by atoms with van der Waals surface area (Å²) in [5.41, 5.74) is 0.751. The van der Waals surface area contributed by atoms with Crippen LogP contribution in [0.2, 0.25) is 0 Å². The first-order valence-corrected chi connectivity index (χ1v) is 10.6. The summed E-state index contributed by atoms with van der Waals surface area (Å²) < 4.78 is 11.2. The number of thioether (sulfide) groups is 1. The van der Waals surface area contributed by atoms with Crippen LogP contribution in [0.3, 0.4) is 0 Å². The van der Waals surface area contributed by atoms with Crippen LogP contribution in [0.1, 0.15) is 32.3 Å². The van der Waals surface area contributed by atoms with Crippen LogP contribution in [0.4, 0.5) is 0 Å². The maximum absolute atomic E-state index is 12.7. The number of hydrogen-bond acceptors (Lipinski definition) is 7. The molecule has 30 heavy (non-hydrogen) atoms. The molecule has 8 nitrogen and oxygen atoms in total. The molecule has 2 N–H and O–H groups in total. The van der Waals surface area contributed by atoms with Gasteiger partial charge in [0.1, 0.15) is 10.4 Å². The summed E-state index contributed by atoms with van der Waals surface area (Å²) in [7, 11) is 1.54. The van der Waals surface area contributed by atoms with Crippen molar-refractivity contribution in [2.75, 3.05) is 20.3 Å². The predicted molar refractivity (Wildman–Crippen MR) is 119 cm³/mol. The molecule has 0 aliphatic carbocycles. The highest BCUT2D eigenvalue weighted by atomic mass is 32.2. The van der Waals surface area contributed by atoms with Crippen LogP contribution < -0.4 is 14.8 Å². The molecular formula is C20H24N2O6S2. The van der Waals surface area contributed by atoms with Crippen molar-refractivity contribution in [2.45, 2.75) is 32.7 Å². The summed E-state index contributed by atoms with van der Waals surface area (Å²) in [5.74, 6) is -0.663. The number of carbonyl (C=O) groups is 3. The van der Waals surface area contributed by atoms with E-state index in [1.165, 1.54) is 4.90 Å². The molecule has 1 aromatic rings. The molecule has 0 saturated carbocycles. The molecule has 2 rings (SSSR count). The van der Waals surface area contributed by atoms with Crippen LogP contribution in [-0.4, -0.2) is 58.4 Å². The number of rotatable bonds is 10. The zero-order chi connectivity index (χ0) is 22.3. The Labute approximate surface area is 184 Å². The van der Waals surface area contributed by atoms with Crippen LogP contribution in [0.15, 0.2) is 23.1 Å². The maximum atomic E-state index is 12.7. The molecule has 0 bridgehead atoms. The lowest BCUT2D eigenvalue weighted by molar-refractivity contribution is -0.142. The molecule has 1 saturated heterocycles. The highest BCUT2D eigenvalue weighted by Gasteiger charge is 2.32. The van der Waals surface area contributed by atoms with Crippen LogP contribution >= 0.6 is 24.0 Å². The number of carbonyl (C=O) groups excluding carboxylic acids is 2. The molecular weight excluding hydrogens is 428 g/mol. The average molecular weight is 453 g/mol. The molecule has 1 aliphatic heterocycles. The third-order valence-electron chi connectivity index (χ3n) is 4.26. The second-order valence-electron chi connectivity index (χ2n) is 6.29. The van der Waals surface area contributed by atoms with Gasteiger partial charge >= 0.3 is 5.97 Å². The van der Waals surface area contributed by atoms with E-state index in [-0.39, 0.29) is 25.3 Å². The monoisotopic (exact) mass is 452 g/mol. The molecule has 162 valence electrons. The molecule has 1 atom stereocenters. The number of amides is 2. The van der Waals surface area contributed by atoms with E-state index in [1.54, 1.807) is 32.2 Å². The standard InChI is InChI=1S/C20H24N2O6S2/c1-4-13(19(25)26)21-17(23)8-9-22-18(24)16(30-20(22)29)11-12-6-7-14(28-5-2)15(10-12)27-3/h6-7,10-11,13H,4-5,8-9H2,1-3H3,(H,21,23)(H,25,26)/b16-11+. The van der Waals surface area contributed by atoms with Gasteiger partial charge in [-0.3, -0.25) is 14.5 Å². The molecule has 0 radical (unpaired) electrons. The number of thiocarbonyl (C=S) groups is 1. The lowest BCUT2D eigenvalue weighted by Crippen LogP contribution is -2.42. The van der Waals surface area contributed by atoms with Gasteiger partial charge in [0.15, 0.2) is 11.5 Å². The fourth-order valence-electron chi connectivity index (χ4n) is 2.71. The van der Waals surface area contributed by atoms with E-state index >= 15 is 0 Å². The first-order chi connectivity index (χ1) is 14.3. The number of nitrogens with one attached hydrogen (secondary N) is 1. The number of carboxylic acid groups (broad SMARTS) is 1. The minimum atomic E-state index is -1.09. The van der Waals surface area contributed by atoms with Gasteiger partial charge in [-0.1, -0.05) is 37.0 Å². The SMILES string of the molecule is CCOc1ccc(/C=C2/SC(=S)N(CCC(=O)NC(CC)C(=O)O)C2=O)cc1OC. The topological polar surface area (TPSA) is 105 Å². The largest absolute Gasteiger partial charge is 0.493 e. The van der Waals surface area contributed by atoms with Crippen molar-refractivity contribution in [3.05, 3.63) is 28.7 Å². The second-order valence-corrected chi connectivity index (χ2v) is 7.97. The Morgan fingerprint density at radius 2 is 2.07 bits per heavy atom. The zero-order valence-corrected chi connectivity index (χ0v) is 18.6.